The van der Waals surface area contributed by atoms with E-state index in [-0.39, 0.29) is 16.8 Å². The van der Waals surface area contributed by atoms with Crippen molar-refractivity contribution in [1.82, 2.24) is 5.32 Å². The van der Waals surface area contributed by atoms with E-state index in [2.05, 4.69) is 32.9 Å². The van der Waals surface area contributed by atoms with Crippen molar-refractivity contribution in [3.63, 3.8) is 0 Å². The topological polar surface area (TPSA) is 75.3 Å². The maximum Gasteiger partial charge on any atom is 0.261 e. The SMILES string of the molecule is C[C@H]1CCCC[C@H]1NC(=O)c1cccc(NS(=O)(=O)c2ccc(Br)cc2)c1. The van der Waals surface area contributed by atoms with Gasteiger partial charge in [-0.2, -0.15) is 0 Å². The Labute approximate surface area is 168 Å². The lowest BCUT2D eigenvalue weighted by Crippen LogP contribution is -2.41. The normalized spacial score (nSPS) is 20.1. The predicted molar refractivity (Wildman–Crippen MR) is 110 cm³/mol. The number of anilines is 1. The van der Waals surface area contributed by atoms with Gasteiger partial charge >= 0.3 is 0 Å². The zero-order valence-corrected chi connectivity index (χ0v) is 17.5. The van der Waals surface area contributed by atoms with E-state index in [0.717, 1.165) is 23.7 Å². The molecule has 7 heteroatoms. The van der Waals surface area contributed by atoms with Crippen LogP contribution in [0.15, 0.2) is 57.9 Å². The molecule has 0 heterocycles. The molecule has 0 saturated heterocycles. The summed E-state index contributed by atoms with van der Waals surface area (Å²) in [5, 5.41) is 3.09. The van der Waals surface area contributed by atoms with Crippen LogP contribution in [-0.4, -0.2) is 20.4 Å². The summed E-state index contributed by atoms with van der Waals surface area (Å²) in [5.74, 6) is 0.292. The molecule has 144 valence electrons. The van der Waals surface area contributed by atoms with Crippen LogP contribution in [0.1, 0.15) is 43.0 Å². The Morgan fingerprint density at radius 3 is 2.48 bits per heavy atom. The molecule has 0 aromatic heterocycles. The van der Waals surface area contributed by atoms with Crippen molar-refractivity contribution in [2.24, 2.45) is 5.92 Å². The molecule has 1 fully saturated rings. The second-order valence-electron chi connectivity index (χ2n) is 6.98. The smallest absolute Gasteiger partial charge is 0.261 e. The van der Waals surface area contributed by atoms with Gasteiger partial charge in [0.25, 0.3) is 15.9 Å². The monoisotopic (exact) mass is 450 g/mol. The molecule has 5 nitrogen and oxygen atoms in total. The van der Waals surface area contributed by atoms with Crippen molar-refractivity contribution in [2.75, 3.05) is 4.72 Å². The van der Waals surface area contributed by atoms with Crippen LogP contribution in [0.25, 0.3) is 0 Å². The van der Waals surface area contributed by atoms with Crippen molar-refractivity contribution >= 4 is 37.5 Å². The molecule has 2 aromatic rings. The molecule has 0 unspecified atom stereocenters. The average Bonchev–Trinajstić information content (AvgIpc) is 2.64. The summed E-state index contributed by atoms with van der Waals surface area (Å²) in [6, 6.07) is 13.1. The summed E-state index contributed by atoms with van der Waals surface area (Å²) < 4.78 is 28.4. The first kappa shape index (κ1) is 19.9. The summed E-state index contributed by atoms with van der Waals surface area (Å²) in [6.45, 7) is 2.16. The molecule has 2 N–H and O–H groups in total. The number of amides is 1. The Hall–Kier alpha value is -1.86. The van der Waals surface area contributed by atoms with E-state index in [1.54, 1.807) is 36.4 Å². The maximum absolute atomic E-state index is 12.6. The molecule has 0 radical (unpaired) electrons. The number of carbonyl (C=O) groups is 1. The number of hydrogen-bond acceptors (Lipinski definition) is 3. The largest absolute Gasteiger partial charge is 0.349 e. The van der Waals surface area contributed by atoms with E-state index in [0.29, 0.717) is 17.2 Å². The van der Waals surface area contributed by atoms with Crippen LogP contribution in [0.5, 0.6) is 0 Å². The summed E-state index contributed by atoms with van der Waals surface area (Å²) in [6.07, 6.45) is 4.45. The number of halogens is 1. The van der Waals surface area contributed by atoms with Crippen molar-refractivity contribution in [3.8, 4) is 0 Å². The van der Waals surface area contributed by atoms with Gasteiger partial charge in [-0.1, -0.05) is 41.8 Å². The molecule has 1 aliphatic rings. The molecule has 0 bridgehead atoms. The molecule has 27 heavy (non-hydrogen) atoms. The van der Waals surface area contributed by atoms with E-state index in [1.807, 2.05) is 0 Å². The number of sulfonamides is 1. The highest BCUT2D eigenvalue weighted by Crippen LogP contribution is 2.24. The van der Waals surface area contributed by atoms with E-state index in [4.69, 9.17) is 0 Å². The van der Waals surface area contributed by atoms with Gasteiger partial charge in [0.15, 0.2) is 0 Å². The lowest BCUT2D eigenvalue weighted by molar-refractivity contribution is 0.0910. The van der Waals surface area contributed by atoms with Gasteiger partial charge in [0.1, 0.15) is 0 Å². The fourth-order valence-electron chi connectivity index (χ4n) is 3.33. The molecule has 3 rings (SSSR count). The van der Waals surface area contributed by atoms with Gasteiger partial charge in [0.05, 0.1) is 4.90 Å². The first-order valence-corrected chi connectivity index (χ1v) is 11.3. The number of benzene rings is 2. The van der Waals surface area contributed by atoms with Crippen LogP contribution in [0.2, 0.25) is 0 Å². The molecule has 1 aliphatic carbocycles. The molecule has 0 aliphatic heterocycles. The highest BCUT2D eigenvalue weighted by atomic mass is 79.9. The quantitative estimate of drug-likeness (QED) is 0.700. The Morgan fingerprint density at radius 1 is 1.07 bits per heavy atom. The Balaban J connectivity index is 1.73. The van der Waals surface area contributed by atoms with Crippen molar-refractivity contribution in [1.29, 1.82) is 0 Å². The number of hydrogen-bond donors (Lipinski definition) is 2. The van der Waals surface area contributed by atoms with Gasteiger partial charge in [-0.05, 0) is 61.2 Å². The third-order valence-electron chi connectivity index (χ3n) is 4.93. The van der Waals surface area contributed by atoms with E-state index >= 15 is 0 Å². The molecule has 1 saturated carbocycles. The summed E-state index contributed by atoms with van der Waals surface area (Å²) in [4.78, 5) is 12.8. The Bertz CT molecular complexity index is 913. The molecule has 0 spiro atoms. The van der Waals surface area contributed by atoms with Crippen LogP contribution in [0.3, 0.4) is 0 Å². The predicted octanol–water partition coefficient (Wildman–Crippen LogP) is 4.56. The van der Waals surface area contributed by atoms with Crippen LogP contribution in [0, 0.1) is 5.92 Å². The summed E-state index contributed by atoms with van der Waals surface area (Å²) >= 11 is 3.29. The summed E-state index contributed by atoms with van der Waals surface area (Å²) in [7, 11) is -3.71. The number of rotatable bonds is 5. The fourth-order valence-corrected chi connectivity index (χ4v) is 4.65. The lowest BCUT2D eigenvalue weighted by Gasteiger charge is -2.29. The van der Waals surface area contributed by atoms with Crippen LogP contribution in [-0.2, 0) is 10.0 Å². The van der Waals surface area contributed by atoms with Gasteiger partial charge in [-0.25, -0.2) is 8.42 Å². The highest BCUT2D eigenvalue weighted by molar-refractivity contribution is 9.10. The second-order valence-corrected chi connectivity index (χ2v) is 9.58. The van der Waals surface area contributed by atoms with Gasteiger partial charge in [-0.3, -0.25) is 9.52 Å². The minimum absolute atomic E-state index is 0.164. The third-order valence-corrected chi connectivity index (χ3v) is 6.85. The molecule has 1 amide bonds. The van der Waals surface area contributed by atoms with Crippen molar-refractivity contribution in [2.45, 2.75) is 43.5 Å². The van der Waals surface area contributed by atoms with Crippen LogP contribution < -0.4 is 10.0 Å². The number of nitrogens with one attached hydrogen (secondary N) is 2. The Kier molecular flexibility index (Phi) is 6.22. The van der Waals surface area contributed by atoms with Crippen molar-refractivity contribution < 1.29 is 13.2 Å². The zero-order chi connectivity index (χ0) is 19.4. The standard InChI is InChI=1S/C20H23BrN2O3S/c1-14-5-2-3-8-19(14)22-20(24)15-6-4-7-17(13-15)23-27(25,26)18-11-9-16(21)10-12-18/h4,6-7,9-14,19,23H,2-3,5,8H2,1H3,(H,22,24)/t14-,19+/m0/s1. The van der Waals surface area contributed by atoms with Crippen molar-refractivity contribution in [3.05, 3.63) is 58.6 Å². The van der Waals surface area contributed by atoms with E-state index in [9.17, 15) is 13.2 Å². The fraction of sp³-hybridized carbons (Fsp3) is 0.350. The minimum atomic E-state index is -3.71. The molecular formula is C20H23BrN2O3S. The number of carbonyl (C=O) groups excluding carboxylic acids is 1. The van der Waals surface area contributed by atoms with E-state index < -0.39 is 10.0 Å². The molecule has 2 atom stereocenters. The van der Waals surface area contributed by atoms with E-state index in [1.165, 1.54) is 18.6 Å². The molecular weight excluding hydrogens is 428 g/mol. The maximum atomic E-state index is 12.6. The third kappa shape index (κ3) is 5.11. The average molecular weight is 451 g/mol. The molecule has 2 aromatic carbocycles. The van der Waals surface area contributed by atoms with Crippen LogP contribution in [0.4, 0.5) is 5.69 Å². The lowest BCUT2D eigenvalue weighted by atomic mass is 9.86. The minimum Gasteiger partial charge on any atom is -0.349 e. The van der Waals surface area contributed by atoms with Gasteiger partial charge in [-0.15, -0.1) is 0 Å². The highest BCUT2D eigenvalue weighted by Gasteiger charge is 2.23. The van der Waals surface area contributed by atoms with Gasteiger partial charge in [0, 0.05) is 21.8 Å². The second kappa shape index (κ2) is 8.44. The van der Waals surface area contributed by atoms with Gasteiger partial charge in [0.2, 0.25) is 0 Å². The Morgan fingerprint density at radius 2 is 1.78 bits per heavy atom. The van der Waals surface area contributed by atoms with Crippen LogP contribution >= 0.6 is 15.9 Å². The zero-order valence-electron chi connectivity index (χ0n) is 15.1. The summed E-state index contributed by atoms with van der Waals surface area (Å²) in [5.41, 5.74) is 0.811. The first-order valence-electron chi connectivity index (χ1n) is 9.04. The first-order chi connectivity index (χ1) is 12.8. The van der Waals surface area contributed by atoms with Gasteiger partial charge < -0.3 is 5.32 Å².